The molecule has 0 aliphatic heterocycles. The van der Waals surface area contributed by atoms with Gasteiger partial charge in [0, 0.05) is 37.5 Å². The van der Waals surface area contributed by atoms with Crippen molar-refractivity contribution in [1.82, 2.24) is 4.72 Å². The zero-order chi connectivity index (χ0) is 14.6. The van der Waals surface area contributed by atoms with E-state index in [2.05, 4.69) is 4.72 Å². The van der Waals surface area contributed by atoms with Gasteiger partial charge < -0.3 is 4.90 Å². The number of rotatable bonds is 6. The maximum absolute atomic E-state index is 10.9. The molecule has 1 aromatic rings. The van der Waals surface area contributed by atoms with Crippen molar-refractivity contribution in [1.29, 1.82) is 0 Å². The van der Waals surface area contributed by atoms with Crippen molar-refractivity contribution >= 4 is 21.4 Å². The first-order valence-electron chi connectivity index (χ1n) is 5.61. The maximum Gasteiger partial charge on any atom is 0.272 e. The van der Waals surface area contributed by atoms with Gasteiger partial charge in [0.1, 0.15) is 0 Å². The molecule has 0 aliphatic carbocycles. The van der Waals surface area contributed by atoms with Crippen LogP contribution in [0.1, 0.15) is 5.56 Å². The number of nitro benzene ring substituents is 1. The molecule has 0 unspecified atom stereocenters. The molecule has 1 aromatic carbocycles. The third-order valence-electron chi connectivity index (χ3n) is 2.63. The van der Waals surface area contributed by atoms with Gasteiger partial charge in [-0.2, -0.15) is 0 Å². The molecule has 0 saturated heterocycles. The Morgan fingerprint density at radius 1 is 1.42 bits per heavy atom. The summed E-state index contributed by atoms with van der Waals surface area (Å²) in [6.45, 7) is 2.43. The van der Waals surface area contributed by atoms with Gasteiger partial charge in [-0.1, -0.05) is 0 Å². The van der Waals surface area contributed by atoms with Gasteiger partial charge in [0.15, 0.2) is 0 Å². The molecule has 0 amide bonds. The normalized spacial score (nSPS) is 11.3. The fraction of sp³-hybridized carbons (Fsp3) is 0.455. The summed E-state index contributed by atoms with van der Waals surface area (Å²) < 4.78 is 24.2. The zero-order valence-corrected chi connectivity index (χ0v) is 11.9. The topological polar surface area (TPSA) is 92.6 Å². The van der Waals surface area contributed by atoms with Crippen LogP contribution < -0.4 is 9.62 Å². The van der Waals surface area contributed by atoms with Crippen LogP contribution in [0.4, 0.5) is 11.4 Å². The predicted molar refractivity (Wildman–Crippen MR) is 73.9 cm³/mol. The quantitative estimate of drug-likeness (QED) is 0.619. The molecule has 0 aromatic heterocycles. The van der Waals surface area contributed by atoms with Gasteiger partial charge in [0.25, 0.3) is 5.69 Å². The lowest BCUT2D eigenvalue weighted by atomic mass is 10.1. The molecule has 0 heterocycles. The molecule has 0 fully saturated rings. The molecule has 0 aliphatic rings. The summed E-state index contributed by atoms with van der Waals surface area (Å²) in [4.78, 5) is 12.1. The van der Waals surface area contributed by atoms with Crippen molar-refractivity contribution in [3.05, 3.63) is 33.9 Å². The molecule has 1 N–H and O–H groups in total. The molecule has 8 heteroatoms. The summed E-state index contributed by atoms with van der Waals surface area (Å²) in [7, 11) is -1.40. The number of nitro groups is 1. The van der Waals surface area contributed by atoms with Gasteiger partial charge in [-0.3, -0.25) is 10.1 Å². The molecule has 7 nitrogen and oxygen atoms in total. The smallest absolute Gasteiger partial charge is 0.272 e. The highest BCUT2D eigenvalue weighted by Gasteiger charge is 2.12. The Labute approximate surface area is 112 Å². The predicted octanol–water partition coefficient (Wildman–Crippen LogP) is 0.889. The first-order chi connectivity index (χ1) is 8.70. The minimum Gasteiger partial charge on any atom is -0.373 e. The first-order valence-corrected chi connectivity index (χ1v) is 7.50. The van der Waals surface area contributed by atoms with E-state index in [0.29, 0.717) is 12.1 Å². The molecule has 19 heavy (non-hydrogen) atoms. The van der Waals surface area contributed by atoms with Crippen molar-refractivity contribution < 1.29 is 13.3 Å². The lowest BCUT2D eigenvalue weighted by molar-refractivity contribution is -0.385. The number of hydrogen-bond donors (Lipinski definition) is 1. The second-order valence-electron chi connectivity index (χ2n) is 4.32. The van der Waals surface area contributed by atoms with Crippen LogP contribution in [0.25, 0.3) is 0 Å². The van der Waals surface area contributed by atoms with Gasteiger partial charge in [-0.25, -0.2) is 13.1 Å². The Hall–Kier alpha value is -1.67. The van der Waals surface area contributed by atoms with Gasteiger partial charge in [0.2, 0.25) is 10.0 Å². The number of aryl methyl sites for hydroxylation is 1. The average Bonchev–Trinajstić information content (AvgIpc) is 2.26. The number of hydrogen-bond acceptors (Lipinski definition) is 5. The zero-order valence-electron chi connectivity index (χ0n) is 11.1. The molecular weight excluding hydrogens is 270 g/mol. The van der Waals surface area contributed by atoms with E-state index in [9.17, 15) is 18.5 Å². The summed E-state index contributed by atoms with van der Waals surface area (Å²) in [5.74, 6) is 0. The highest BCUT2D eigenvalue weighted by molar-refractivity contribution is 7.88. The number of benzene rings is 1. The van der Waals surface area contributed by atoms with Crippen LogP contribution in [-0.4, -0.2) is 39.7 Å². The summed E-state index contributed by atoms with van der Waals surface area (Å²) in [5.41, 5.74) is 1.45. The average molecular weight is 287 g/mol. The van der Waals surface area contributed by atoms with E-state index in [1.54, 1.807) is 26.1 Å². The fourth-order valence-electron chi connectivity index (χ4n) is 1.61. The number of nitrogens with zero attached hydrogens (tertiary/aromatic N) is 2. The highest BCUT2D eigenvalue weighted by atomic mass is 32.2. The first kappa shape index (κ1) is 15.4. The van der Waals surface area contributed by atoms with Crippen LogP contribution in [0.2, 0.25) is 0 Å². The monoisotopic (exact) mass is 287 g/mol. The van der Waals surface area contributed by atoms with Crippen molar-refractivity contribution in [3.63, 3.8) is 0 Å². The lowest BCUT2D eigenvalue weighted by Crippen LogP contribution is -2.32. The molecule has 106 valence electrons. The second-order valence-corrected chi connectivity index (χ2v) is 6.15. The Morgan fingerprint density at radius 2 is 2.05 bits per heavy atom. The van der Waals surface area contributed by atoms with E-state index in [-0.39, 0.29) is 12.2 Å². The third-order valence-corrected chi connectivity index (χ3v) is 3.36. The molecule has 0 spiro atoms. The molecule has 1 rings (SSSR count). The summed E-state index contributed by atoms with van der Waals surface area (Å²) in [5, 5.41) is 10.7. The molecule has 0 atom stereocenters. The van der Waals surface area contributed by atoms with Gasteiger partial charge in [-0.15, -0.1) is 0 Å². The molecular formula is C11H17N3O4S. The van der Waals surface area contributed by atoms with Crippen LogP contribution >= 0.6 is 0 Å². The van der Waals surface area contributed by atoms with Crippen molar-refractivity contribution in [2.75, 3.05) is 31.3 Å². The minimum absolute atomic E-state index is 0.0754. The van der Waals surface area contributed by atoms with Crippen molar-refractivity contribution in [3.8, 4) is 0 Å². The van der Waals surface area contributed by atoms with Crippen molar-refractivity contribution in [2.45, 2.75) is 6.92 Å². The van der Waals surface area contributed by atoms with Gasteiger partial charge >= 0.3 is 0 Å². The Kier molecular flexibility index (Phi) is 4.84. The van der Waals surface area contributed by atoms with Gasteiger partial charge in [-0.05, 0) is 19.1 Å². The second kappa shape index (κ2) is 5.98. The Morgan fingerprint density at radius 3 is 2.53 bits per heavy atom. The largest absolute Gasteiger partial charge is 0.373 e. The minimum atomic E-state index is -3.19. The number of nitrogens with one attached hydrogen (secondary N) is 1. The number of likely N-dealkylation sites (N-methyl/N-ethyl adjacent to an activating group) is 1. The fourth-order valence-corrected chi connectivity index (χ4v) is 2.07. The van der Waals surface area contributed by atoms with Gasteiger partial charge in [0.05, 0.1) is 11.2 Å². The van der Waals surface area contributed by atoms with E-state index >= 15 is 0 Å². The van der Waals surface area contributed by atoms with E-state index < -0.39 is 14.9 Å². The SMILES string of the molecule is Cc1cc(N(C)CCNS(C)(=O)=O)ccc1[N+](=O)[O-]. The third kappa shape index (κ3) is 4.84. The Balaban J connectivity index is 2.70. The van der Waals surface area contributed by atoms with Crippen LogP contribution in [0.15, 0.2) is 18.2 Å². The lowest BCUT2D eigenvalue weighted by Gasteiger charge is -2.19. The van der Waals surface area contributed by atoms with Crippen LogP contribution in [0.5, 0.6) is 0 Å². The number of sulfonamides is 1. The van der Waals surface area contributed by atoms with E-state index in [0.717, 1.165) is 11.9 Å². The van der Waals surface area contributed by atoms with Crippen molar-refractivity contribution in [2.24, 2.45) is 0 Å². The summed E-state index contributed by atoms with van der Waals surface area (Å²) >= 11 is 0. The standard InChI is InChI=1S/C11H17N3O4S/c1-9-8-10(4-5-11(9)14(15)16)13(2)7-6-12-19(3,17)18/h4-5,8,12H,6-7H2,1-3H3. The highest BCUT2D eigenvalue weighted by Crippen LogP contribution is 2.23. The van der Waals surface area contributed by atoms with Crippen LogP contribution in [0.3, 0.4) is 0 Å². The van der Waals surface area contributed by atoms with E-state index in [4.69, 9.17) is 0 Å². The Bertz CT molecular complexity index is 571. The maximum atomic E-state index is 10.9. The molecule has 0 bridgehead atoms. The van der Waals surface area contributed by atoms with E-state index in [1.807, 2.05) is 4.90 Å². The molecule has 0 saturated carbocycles. The van der Waals surface area contributed by atoms with Crippen LogP contribution in [0, 0.1) is 17.0 Å². The van der Waals surface area contributed by atoms with E-state index in [1.165, 1.54) is 6.07 Å². The summed E-state index contributed by atoms with van der Waals surface area (Å²) in [6, 6.07) is 4.80. The van der Waals surface area contributed by atoms with Crippen LogP contribution in [-0.2, 0) is 10.0 Å². The molecule has 0 radical (unpaired) electrons. The number of anilines is 1. The summed E-state index contributed by atoms with van der Waals surface area (Å²) in [6.07, 6.45) is 1.10.